The molecule has 0 aliphatic heterocycles. The minimum absolute atomic E-state index is 0.0672. The zero-order chi connectivity index (χ0) is 17.2. The molecule has 0 bridgehead atoms. The molecule has 0 aliphatic rings. The number of carbonyl (C=O) groups is 1. The Balaban J connectivity index is 1.55. The molecule has 0 atom stereocenters. The molecule has 1 amide bonds. The van der Waals surface area contributed by atoms with Gasteiger partial charge in [0.1, 0.15) is 5.75 Å². The van der Waals surface area contributed by atoms with Gasteiger partial charge < -0.3 is 10.1 Å². The lowest BCUT2D eigenvalue weighted by molar-refractivity contribution is -0.115. The highest BCUT2D eigenvalue weighted by Gasteiger charge is 2.11. The van der Waals surface area contributed by atoms with E-state index in [1.54, 1.807) is 7.11 Å². The molecule has 1 N–H and O–H groups in total. The number of aromatic nitrogens is 1. The number of ether oxygens (including phenoxy) is 1. The number of nitrogens with zero attached hydrogens (tertiary/aromatic N) is 1. The zero-order valence-corrected chi connectivity index (χ0v) is 14.5. The van der Waals surface area contributed by atoms with Crippen molar-refractivity contribution in [3.05, 3.63) is 66.2 Å². The van der Waals surface area contributed by atoms with Crippen molar-refractivity contribution in [1.29, 1.82) is 0 Å². The van der Waals surface area contributed by atoms with Gasteiger partial charge in [0.05, 0.1) is 23.7 Å². The van der Waals surface area contributed by atoms with Gasteiger partial charge in [0.25, 0.3) is 0 Å². The monoisotopic (exact) mass is 348 g/mol. The van der Waals surface area contributed by atoms with Gasteiger partial charge in [-0.3, -0.25) is 4.79 Å². The van der Waals surface area contributed by atoms with Crippen LogP contribution in [-0.2, 0) is 11.2 Å². The maximum atomic E-state index is 12.5. The molecule has 0 saturated carbocycles. The first kappa shape index (κ1) is 15.6. The normalized spacial score (nSPS) is 10.9. The van der Waals surface area contributed by atoms with Gasteiger partial charge in [0, 0.05) is 0 Å². The number of thiazole rings is 1. The molecule has 4 aromatic rings. The molecule has 3 aromatic carbocycles. The summed E-state index contributed by atoms with van der Waals surface area (Å²) in [6.45, 7) is 0. The second kappa shape index (κ2) is 6.53. The topological polar surface area (TPSA) is 51.2 Å². The number of benzene rings is 3. The van der Waals surface area contributed by atoms with Crippen LogP contribution in [0.1, 0.15) is 5.56 Å². The number of carbonyl (C=O) groups excluding carboxylic acids is 1. The molecule has 0 aliphatic carbocycles. The van der Waals surface area contributed by atoms with Crippen molar-refractivity contribution in [2.45, 2.75) is 6.42 Å². The van der Waals surface area contributed by atoms with E-state index in [0.29, 0.717) is 11.6 Å². The number of nitrogens with one attached hydrogen (secondary N) is 1. The molecule has 0 radical (unpaired) electrons. The number of fused-ring (bicyclic) bond motifs is 2. The third-order valence-corrected chi connectivity index (χ3v) is 5.01. The highest BCUT2D eigenvalue weighted by Crippen LogP contribution is 2.29. The zero-order valence-electron chi connectivity index (χ0n) is 13.7. The second-order valence-electron chi connectivity index (χ2n) is 5.72. The summed E-state index contributed by atoms with van der Waals surface area (Å²) in [5, 5.41) is 5.76. The van der Waals surface area contributed by atoms with Crippen LogP contribution in [0.25, 0.3) is 21.0 Å². The summed E-state index contributed by atoms with van der Waals surface area (Å²) in [6, 6.07) is 19.8. The molecule has 124 valence electrons. The van der Waals surface area contributed by atoms with Crippen molar-refractivity contribution >= 4 is 43.4 Å². The fourth-order valence-corrected chi connectivity index (χ4v) is 3.78. The molecule has 25 heavy (non-hydrogen) atoms. The SMILES string of the molecule is COc1ccc2nc(NC(=O)Cc3cccc4ccccc34)sc2c1. The van der Waals surface area contributed by atoms with Gasteiger partial charge >= 0.3 is 0 Å². The first-order valence-electron chi connectivity index (χ1n) is 7.94. The number of rotatable bonds is 4. The van der Waals surface area contributed by atoms with Crippen molar-refractivity contribution < 1.29 is 9.53 Å². The molecule has 1 heterocycles. The fraction of sp³-hybridized carbons (Fsp3) is 0.100. The average Bonchev–Trinajstić information content (AvgIpc) is 3.03. The number of anilines is 1. The largest absolute Gasteiger partial charge is 0.497 e. The van der Waals surface area contributed by atoms with E-state index in [0.717, 1.165) is 32.3 Å². The quantitative estimate of drug-likeness (QED) is 0.584. The Labute approximate surface area is 149 Å². The highest BCUT2D eigenvalue weighted by molar-refractivity contribution is 7.22. The van der Waals surface area contributed by atoms with E-state index in [1.165, 1.54) is 11.3 Å². The Morgan fingerprint density at radius 2 is 1.96 bits per heavy atom. The van der Waals surface area contributed by atoms with Gasteiger partial charge in [-0.2, -0.15) is 0 Å². The van der Waals surface area contributed by atoms with Gasteiger partial charge in [-0.05, 0) is 34.5 Å². The van der Waals surface area contributed by atoms with Gasteiger partial charge in [-0.25, -0.2) is 4.98 Å². The fourth-order valence-electron chi connectivity index (χ4n) is 2.87. The van der Waals surface area contributed by atoms with Crippen molar-refractivity contribution in [1.82, 2.24) is 4.98 Å². The molecule has 1 aromatic heterocycles. The minimum Gasteiger partial charge on any atom is -0.497 e. The lowest BCUT2D eigenvalue weighted by Crippen LogP contribution is -2.14. The number of hydrogen-bond donors (Lipinski definition) is 1. The van der Waals surface area contributed by atoms with E-state index < -0.39 is 0 Å². The van der Waals surface area contributed by atoms with E-state index in [4.69, 9.17) is 4.74 Å². The summed E-state index contributed by atoms with van der Waals surface area (Å²) in [4.78, 5) is 16.9. The minimum atomic E-state index is -0.0672. The van der Waals surface area contributed by atoms with Crippen molar-refractivity contribution in [2.24, 2.45) is 0 Å². The van der Waals surface area contributed by atoms with E-state index in [-0.39, 0.29) is 5.91 Å². The van der Waals surface area contributed by atoms with Crippen molar-refractivity contribution in [3.8, 4) is 5.75 Å². The lowest BCUT2D eigenvalue weighted by Gasteiger charge is -2.06. The standard InChI is InChI=1S/C20H16N2O2S/c1-24-15-9-10-17-18(12-15)25-20(21-17)22-19(23)11-14-7-4-6-13-5-2-3-8-16(13)14/h2-10,12H,11H2,1H3,(H,21,22,23). The molecule has 4 rings (SSSR count). The summed E-state index contributed by atoms with van der Waals surface area (Å²) in [7, 11) is 1.63. The molecule has 5 heteroatoms. The first-order valence-corrected chi connectivity index (χ1v) is 8.75. The Kier molecular flexibility index (Phi) is 4.07. The molecule has 0 spiro atoms. The van der Waals surface area contributed by atoms with Crippen molar-refractivity contribution in [2.75, 3.05) is 12.4 Å². The predicted octanol–water partition coefficient (Wildman–Crippen LogP) is 4.64. The van der Waals surface area contributed by atoms with Gasteiger partial charge in [0.15, 0.2) is 5.13 Å². The van der Waals surface area contributed by atoms with E-state index in [1.807, 2.05) is 48.5 Å². The summed E-state index contributed by atoms with van der Waals surface area (Å²) < 4.78 is 6.21. The van der Waals surface area contributed by atoms with Gasteiger partial charge in [0.2, 0.25) is 5.91 Å². The molecule has 4 nitrogen and oxygen atoms in total. The predicted molar refractivity (Wildman–Crippen MR) is 102 cm³/mol. The maximum Gasteiger partial charge on any atom is 0.230 e. The number of amides is 1. The summed E-state index contributed by atoms with van der Waals surface area (Å²) in [5.74, 6) is 0.715. The molecule has 0 unspecified atom stereocenters. The van der Waals surface area contributed by atoms with Crippen LogP contribution in [0.5, 0.6) is 5.75 Å². The van der Waals surface area contributed by atoms with Crippen LogP contribution in [0.3, 0.4) is 0 Å². The van der Waals surface area contributed by atoms with E-state index in [2.05, 4.69) is 22.4 Å². The maximum absolute atomic E-state index is 12.5. The number of methoxy groups -OCH3 is 1. The van der Waals surface area contributed by atoms with Crippen molar-refractivity contribution in [3.63, 3.8) is 0 Å². The summed E-state index contributed by atoms with van der Waals surface area (Å²) >= 11 is 1.45. The average molecular weight is 348 g/mol. The van der Waals surface area contributed by atoms with Gasteiger partial charge in [-0.1, -0.05) is 53.8 Å². The smallest absolute Gasteiger partial charge is 0.230 e. The second-order valence-corrected chi connectivity index (χ2v) is 6.75. The Hall–Kier alpha value is -2.92. The van der Waals surface area contributed by atoms with Crippen LogP contribution < -0.4 is 10.1 Å². The number of hydrogen-bond acceptors (Lipinski definition) is 4. The van der Waals surface area contributed by atoms with Crippen LogP contribution in [0.2, 0.25) is 0 Å². The van der Waals surface area contributed by atoms with Gasteiger partial charge in [-0.15, -0.1) is 0 Å². The Morgan fingerprint density at radius 3 is 2.84 bits per heavy atom. The molecule has 0 fully saturated rings. The summed E-state index contributed by atoms with van der Waals surface area (Å²) in [6.07, 6.45) is 0.320. The van der Waals surface area contributed by atoms with Crippen LogP contribution in [-0.4, -0.2) is 18.0 Å². The third-order valence-electron chi connectivity index (χ3n) is 4.07. The highest BCUT2D eigenvalue weighted by atomic mass is 32.1. The Bertz CT molecular complexity index is 1070. The summed E-state index contributed by atoms with van der Waals surface area (Å²) in [5.41, 5.74) is 1.87. The molecule has 0 saturated heterocycles. The molecular formula is C20H16N2O2S. The van der Waals surface area contributed by atoms with E-state index in [9.17, 15) is 4.79 Å². The van der Waals surface area contributed by atoms with Crippen LogP contribution in [0, 0.1) is 0 Å². The third kappa shape index (κ3) is 3.19. The van der Waals surface area contributed by atoms with Crippen LogP contribution in [0.15, 0.2) is 60.7 Å². The molecular weight excluding hydrogens is 332 g/mol. The lowest BCUT2D eigenvalue weighted by atomic mass is 10.0. The first-order chi connectivity index (χ1) is 12.2. The van der Waals surface area contributed by atoms with Crippen LogP contribution in [0.4, 0.5) is 5.13 Å². The van der Waals surface area contributed by atoms with E-state index >= 15 is 0 Å². The Morgan fingerprint density at radius 1 is 1.12 bits per heavy atom. The van der Waals surface area contributed by atoms with Crippen LogP contribution >= 0.6 is 11.3 Å².